The highest BCUT2D eigenvalue weighted by molar-refractivity contribution is 6.46. The molecule has 4 rings (SSSR count). The van der Waals surface area contributed by atoms with Crippen LogP contribution < -0.4 is 4.74 Å². The molecule has 7 heteroatoms. The van der Waals surface area contributed by atoms with Crippen molar-refractivity contribution in [1.29, 1.82) is 0 Å². The third-order valence-corrected chi connectivity index (χ3v) is 5.63. The Balaban J connectivity index is 1.84. The summed E-state index contributed by atoms with van der Waals surface area (Å²) in [6.45, 7) is 2.73. The van der Waals surface area contributed by atoms with Crippen molar-refractivity contribution in [1.82, 2.24) is 9.88 Å². The van der Waals surface area contributed by atoms with Gasteiger partial charge in [0.2, 0.25) is 0 Å². The van der Waals surface area contributed by atoms with Crippen LogP contribution in [0.1, 0.15) is 36.1 Å². The minimum absolute atomic E-state index is 0.0267. The van der Waals surface area contributed by atoms with E-state index in [0.717, 1.165) is 12.0 Å². The minimum atomic E-state index is -0.786. The molecule has 3 aromatic rings. The molecular formula is C26H23ClN2O4. The molecule has 1 amide bonds. The van der Waals surface area contributed by atoms with Crippen LogP contribution in [0.25, 0.3) is 5.76 Å². The Morgan fingerprint density at radius 3 is 2.61 bits per heavy atom. The maximum absolute atomic E-state index is 13.1. The van der Waals surface area contributed by atoms with Crippen LogP contribution in [0, 0.1) is 0 Å². The maximum Gasteiger partial charge on any atom is 0.295 e. The lowest BCUT2D eigenvalue weighted by atomic mass is 9.95. The van der Waals surface area contributed by atoms with Gasteiger partial charge in [-0.1, -0.05) is 36.7 Å². The number of ether oxygens (including phenoxy) is 1. The van der Waals surface area contributed by atoms with Crippen LogP contribution in [0.2, 0.25) is 5.02 Å². The quantitative estimate of drug-likeness (QED) is 0.298. The normalized spacial score (nSPS) is 17.4. The Kier molecular flexibility index (Phi) is 6.75. The summed E-state index contributed by atoms with van der Waals surface area (Å²) in [5, 5.41) is 11.6. The van der Waals surface area contributed by atoms with E-state index in [1.807, 2.05) is 31.2 Å². The number of rotatable bonds is 7. The number of amides is 1. The molecule has 1 aliphatic heterocycles. The average molecular weight is 463 g/mol. The molecule has 0 spiro atoms. The van der Waals surface area contributed by atoms with E-state index in [1.54, 1.807) is 48.8 Å². The van der Waals surface area contributed by atoms with Crippen molar-refractivity contribution in [2.75, 3.05) is 6.61 Å². The van der Waals surface area contributed by atoms with Gasteiger partial charge in [0.1, 0.15) is 11.5 Å². The van der Waals surface area contributed by atoms with Crippen LogP contribution in [0.15, 0.2) is 78.6 Å². The number of benzene rings is 2. The van der Waals surface area contributed by atoms with E-state index in [-0.39, 0.29) is 17.9 Å². The van der Waals surface area contributed by atoms with Gasteiger partial charge in [-0.3, -0.25) is 14.6 Å². The fourth-order valence-electron chi connectivity index (χ4n) is 3.84. The van der Waals surface area contributed by atoms with Gasteiger partial charge in [-0.25, -0.2) is 0 Å². The van der Waals surface area contributed by atoms with Gasteiger partial charge in [-0.15, -0.1) is 0 Å². The fraction of sp³-hybridized carbons (Fsp3) is 0.192. The SMILES string of the molecule is CCCOc1cccc([C@H]2C(=C(O)c3ccc(Cl)cc3)C(=O)C(=O)N2Cc2cccnc2)c1. The van der Waals surface area contributed by atoms with Gasteiger partial charge < -0.3 is 14.7 Å². The Morgan fingerprint density at radius 2 is 1.91 bits per heavy atom. The summed E-state index contributed by atoms with van der Waals surface area (Å²) in [5.41, 5.74) is 1.87. The summed E-state index contributed by atoms with van der Waals surface area (Å²) in [4.78, 5) is 31.8. The molecule has 2 heterocycles. The van der Waals surface area contributed by atoms with E-state index in [1.165, 1.54) is 4.90 Å². The number of pyridine rings is 1. The molecule has 0 aliphatic carbocycles. The van der Waals surface area contributed by atoms with Crippen molar-refractivity contribution >= 4 is 29.1 Å². The average Bonchev–Trinajstić information content (AvgIpc) is 3.08. The molecule has 1 aliphatic rings. The lowest BCUT2D eigenvalue weighted by Crippen LogP contribution is -2.29. The molecule has 6 nitrogen and oxygen atoms in total. The molecule has 1 fully saturated rings. The number of aromatic nitrogens is 1. The molecule has 0 bridgehead atoms. The van der Waals surface area contributed by atoms with E-state index < -0.39 is 17.7 Å². The predicted molar refractivity (Wildman–Crippen MR) is 126 cm³/mol. The van der Waals surface area contributed by atoms with E-state index >= 15 is 0 Å². The fourth-order valence-corrected chi connectivity index (χ4v) is 3.96. The van der Waals surface area contributed by atoms with E-state index in [0.29, 0.717) is 28.5 Å². The summed E-state index contributed by atoms with van der Waals surface area (Å²) >= 11 is 5.98. The first-order chi connectivity index (χ1) is 16.0. The number of aliphatic hydroxyl groups excluding tert-OH is 1. The number of halogens is 1. The third-order valence-electron chi connectivity index (χ3n) is 5.38. The molecule has 1 atom stereocenters. The van der Waals surface area contributed by atoms with Crippen molar-refractivity contribution < 1.29 is 19.4 Å². The standard InChI is InChI=1S/C26H23ClN2O4/c1-2-13-33-21-7-3-6-19(14-21)23-22(24(30)18-8-10-20(27)11-9-18)25(31)26(32)29(23)16-17-5-4-12-28-15-17/h3-12,14-15,23,30H,2,13,16H2,1H3/t23-/m0/s1. The predicted octanol–water partition coefficient (Wildman–Crippen LogP) is 5.15. The summed E-state index contributed by atoms with van der Waals surface area (Å²) < 4.78 is 5.76. The van der Waals surface area contributed by atoms with E-state index in [2.05, 4.69) is 4.98 Å². The second kappa shape index (κ2) is 9.88. The second-order valence-electron chi connectivity index (χ2n) is 7.72. The third kappa shape index (κ3) is 4.76. The van der Waals surface area contributed by atoms with Gasteiger partial charge in [0.15, 0.2) is 0 Å². The Labute approximate surface area is 197 Å². The number of hydrogen-bond acceptors (Lipinski definition) is 5. The molecule has 1 N–H and O–H groups in total. The number of carbonyl (C=O) groups is 2. The number of aliphatic hydroxyl groups is 1. The number of Topliss-reactive ketones (excluding diaryl/α,β-unsaturated/α-hetero) is 1. The van der Waals surface area contributed by atoms with Gasteiger partial charge in [-0.2, -0.15) is 0 Å². The molecule has 168 valence electrons. The summed E-state index contributed by atoms with van der Waals surface area (Å²) in [5.74, 6) is -1.04. The Morgan fingerprint density at radius 1 is 1.12 bits per heavy atom. The summed E-state index contributed by atoms with van der Waals surface area (Å²) in [7, 11) is 0. The van der Waals surface area contributed by atoms with Crippen LogP contribution in [0.4, 0.5) is 0 Å². The van der Waals surface area contributed by atoms with E-state index in [9.17, 15) is 14.7 Å². The highest BCUT2D eigenvalue weighted by atomic mass is 35.5. The van der Waals surface area contributed by atoms with Crippen molar-refractivity contribution in [2.45, 2.75) is 25.9 Å². The largest absolute Gasteiger partial charge is 0.507 e. The van der Waals surface area contributed by atoms with Gasteiger partial charge in [0.25, 0.3) is 11.7 Å². The zero-order chi connectivity index (χ0) is 23.4. The Bertz CT molecular complexity index is 1190. The monoisotopic (exact) mass is 462 g/mol. The Hall–Kier alpha value is -3.64. The zero-order valence-electron chi connectivity index (χ0n) is 18.1. The topological polar surface area (TPSA) is 79.7 Å². The highest BCUT2D eigenvalue weighted by Gasteiger charge is 2.46. The molecule has 2 aromatic carbocycles. The molecule has 33 heavy (non-hydrogen) atoms. The van der Waals surface area contributed by atoms with E-state index in [4.69, 9.17) is 16.3 Å². The molecule has 0 saturated carbocycles. The van der Waals surface area contributed by atoms with Crippen molar-refractivity contribution in [3.63, 3.8) is 0 Å². The number of carbonyl (C=O) groups excluding carboxylic acids is 2. The lowest BCUT2D eigenvalue weighted by Gasteiger charge is -2.25. The van der Waals surface area contributed by atoms with Crippen LogP contribution in [-0.2, 0) is 16.1 Å². The van der Waals surface area contributed by atoms with Gasteiger partial charge in [-0.05, 0) is 60.0 Å². The smallest absolute Gasteiger partial charge is 0.295 e. The van der Waals surface area contributed by atoms with Gasteiger partial charge in [0, 0.05) is 29.5 Å². The second-order valence-corrected chi connectivity index (χ2v) is 8.15. The summed E-state index contributed by atoms with van der Waals surface area (Å²) in [6.07, 6.45) is 4.14. The molecule has 1 saturated heterocycles. The van der Waals surface area contributed by atoms with Crippen LogP contribution in [0.3, 0.4) is 0 Å². The van der Waals surface area contributed by atoms with Crippen LogP contribution in [0.5, 0.6) is 5.75 Å². The molecule has 0 radical (unpaired) electrons. The maximum atomic E-state index is 13.1. The number of hydrogen-bond donors (Lipinski definition) is 1. The number of nitrogens with zero attached hydrogens (tertiary/aromatic N) is 2. The number of likely N-dealkylation sites (tertiary alicyclic amines) is 1. The van der Waals surface area contributed by atoms with Crippen LogP contribution >= 0.6 is 11.6 Å². The van der Waals surface area contributed by atoms with Crippen molar-refractivity contribution in [2.24, 2.45) is 0 Å². The zero-order valence-corrected chi connectivity index (χ0v) is 18.8. The van der Waals surface area contributed by atoms with Crippen molar-refractivity contribution in [3.8, 4) is 5.75 Å². The summed E-state index contributed by atoms with van der Waals surface area (Å²) in [6, 6.07) is 16.6. The van der Waals surface area contributed by atoms with Gasteiger partial charge in [0.05, 0.1) is 18.2 Å². The van der Waals surface area contributed by atoms with Crippen LogP contribution in [-0.4, -0.2) is 33.3 Å². The minimum Gasteiger partial charge on any atom is -0.507 e. The van der Waals surface area contributed by atoms with Gasteiger partial charge >= 0.3 is 0 Å². The molecule has 0 unspecified atom stereocenters. The number of ketones is 1. The first-order valence-corrected chi connectivity index (χ1v) is 11.0. The first kappa shape index (κ1) is 22.6. The molecule has 1 aromatic heterocycles. The van der Waals surface area contributed by atoms with Crippen molar-refractivity contribution in [3.05, 3.63) is 100 Å². The lowest BCUT2D eigenvalue weighted by molar-refractivity contribution is -0.140. The molecular weight excluding hydrogens is 440 g/mol. The first-order valence-electron chi connectivity index (χ1n) is 10.7. The highest BCUT2D eigenvalue weighted by Crippen LogP contribution is 2.41.